The van der Waals surface area contributed by atoms with Gasteiger partial charge in [0.25, 0.3) is 0 Å². The molecule has 0 spiro atoms. The van der Waals surface area contributed by atoms with Crippen LogP contribution in [0.15, 0.2) is 17.3 Å². The van der Waals surface area contributed by atoms with Crippen molar-refractivity contribution in [3.8, 4) is 11.5 Å². The molecule has 0 amide bonds. The lowest BCUT2D eigenvalue weighted by molar-refractivity contribution is 0.0936. The predicted molar refractivity (Wildman–Crippen MR) is 88.5 cm³/mol. The minimum absolute atomic E-state index is 0.0778. The van der Waals surface area contributed by atoms with E-state index in [1.54, 1.807) is 7.11 Å². The number of aryl methyl sites for hydroxylation is 1. The Bertz CT molecular complexity index is 669. The molecule has 4 rings (SSSR count). The van der Waals surface area contributed by atoms with Crippen LogP contribution in [0.3, 0.4) is 0 Å². The number of methoxy groups -OCH3 is 1. The van der Waals surface area contributed by atoms with Gasteiger partial charge >= 0.3 is 0 Å². The fraction of sp³-hybridized carbons (Fsp3) is 0.632. The number of aromatic hydroxyl groups is 1. The van der Waals surface area contributed by atoms with Gasteiger partial charge in [0.2, 0.25) is 0 Å². The number of rotatable bonds is 1. The number of benzene rings is 1. The first kappa shape index (κ1) is 14.9. The van der Waals surface area contributed by atoms with E-state index >= 15 is 0 Å². The SMILES string of the molecule is COc1cc2c(cc1O)CCC1C2CC[C@]2(C)/C(=N/O)CCC12. The highest BCUT2D eigenvalue weighted by Gasteiger charge is 2.53. The zero-order valence-electron chi connectivity index (χ0n) is 13.9. The Kier molecular flexibility index (Phi) is 3.33. The largest absolute Gasteiger partial charge is 0.504 e. The molecule has 1 aromatic carbocycles. The lowest BCUT2D eigenvalue weighted by atomic mass is 9.55. The van der Waals surface area contributed by atoms with Gasteiger partial charge in [-0.25, -0.2) is 0 Å². The van der Waals surface area contributed by atoms with E-state index in [9.17, 15) is 10.3 Å². The number of phenolic OH excluding ortho intramolecular Hbond substituents is 1. The Morgan fingerprint density at radius 2 is 2.04 bits per heavy atom. The van der Waals surface area contributed by atoms with Crippen LogP contribution in [0.2, 0.25) is 0 Å². The van der Waals surface area contributed by atoms with Gasteiger partial charge in [-0.05, 0) is 79.5 Å². The van der Waals surface area contributed by atoms with Crippen LogP contribution in [-0.4, -0.2) is 23.1 Å². The highest BCUT2D eigenvalue weighted by atomic mass is 16.5. The second kappa shape index (κ2) is 5.15. The first-order valence-corrected chi connectivity index (χ1v) is 8.69. The minimum atomic E-state index is 0.0778. The topological polar surface area (TPSA) is 62.0 Å². The molecule has 2 fully saturated rings. The van der Waals surface area contributed by atoms with Gasteiger partial charge in [-0.1, -0.05) is 12.1 Å². The summed E-state index contributed by atoms with van der Waals surface area (Å²) in [5.74, 6) is 2.64. The number of hydrogen-bond acceptors (Lipinski definition) is 4. The number of phenols is 1. The fourth-order valence-electron chi connectivity index (χ4n) is 5.70. The van der Waals surface area contributed by atoms with E-state index in [0.29, 0.717) is 23.5 Å². The van der Waals surface area contributed by atoms with Gasteiger partial charge in [-0.3, -0.25) is 0 Å². The van der Waals surface area contributed by atoms with E-state index in [4.69, 9.17) is 4.74 Å². The molecule has 2 saturated carbocycles. The Labute approximate surface area is 137 Å². The molecule has 0 radical (unpaired) electrons. The third-order valence-electron chi connectivity index (χ3n) is 6.89. The summed E-state index contributed by atoms with van der Waals surface area (Å²) in [6.07, 6.45) is 6.47. The molecule has 4 nitrogen and oxygen atoms in total. The van der Waals surface area contributed by atoms with E-state index in [2.05, 4.69) is 18.1 Å². The first-order valence-electron chi connectivity index (χ1n) is 8.69. The molecule has 3 unspecified atom stereocenters. The van der Waals surface area contributed by atoms with Crippen LogP contribution < -0.4 is 4.74 Å². The lowest BCUT2D eigenvalue weighted by Crippen LogP contribution is -2.42. The van der Waals surface area contributed by atoms with E-state index in [-0.39, 0.29) is 11.2 Å². The van der Waals surface area contributed by atoms with Gasteiger partial charge in [0.05, 0.1) is 12.8 Å². The third kappa shape index (κ3) is 2.00. The fourth-order valence-corrected chi connectivity index (χ4v) is 5.70. The maximum absolute atomic E-state index is 10.1. The van der Waals surface area contributed by atoms with Crippen molar-refractivity contribution in [3.63, 3.8) is 0 Å². The molecule has 3 aliphatic rings. The number of oxime groups is 1. The molecule has 23 heavy (non-hydrogen) atoms. The minimum Gasteiger partial charge on any atom is -0.504 e. The number of fused-ring (bicyclic) bond motifs is 5. The normalized spacial score (nSPS) is 37.1. The van der Waals surface area contributed by atoms with E-state index in [1.807, 2.05) is 6.07 Å². The third-order valence-corrected chi connectivity index (χ3v) is 6.89. The quantitative estimate of drug-likeness (QED) is 0.606. The summed E-state index contributed by atoms with van der Waals surface area (Å²) >= 11 is 0. The Morgan fingerprint density at radius 1 is 1.22 bits per heavy atom. The standard InChI is InChI=1S/C19H25NO3/c1-19-8-7-12-13(15(19)5-6-18(19)20-22)4-3-11-9-16(21)17(23-2)10-14(11)12/h9-10,12-13,15,21-22H,3-8H2,1-2H3/b20-18+/t12?,13?,15?,19-/m0/s1. The van der Waals surface area contributed by atoms with Crippen molar-refractivity contribution in [3.05, 3.63) is 23.3 Å². The molecule has 4 heteroatoms. The average Bonchev–Trinajstić information content (AvgIpc) is 2.90. The Balaban J connectivity index is 1.73. The summed E-state index contributed by atoms with van der Waals surface area (Å²) in [5, 5.41) is 23.0. The molecule has 0 aromatic heterocycles. The second-order valence-electron chi connectivity index (χ2n) is 7.68. The van der Waals surface area contributed by atoms with Gasteiger partial charge < -0.3 is 15.1 Å². The summed E-state index contributed by atoms with van der Waals surface area (Å²) in [7, 11) is 1.61. The van der Waals surface area contributed by atoms with Crippen LogP contribution in [0, 0.1) is 17.3 Å². The molecule has 0 bridgehead atoms. The smallest absolute Gasteiger partial charge is 0.160 e. The van der Waals surface area contributed by atoms with E-state index in [1.165, 1.54) is 17.5 Å². The Morgan fingerprint density at radius 3 is 2.78 bits per heavy atom. The molecule has 124 valence electrons. The molecular weight excluding hydrogens is 290 g/mol. The molecule has 0 aliphatic heterocycles. The van der Waals surface area contributed by atoms with Crippen LogP contribution in [0.5, 0.6) is 11.5 Å². The van der Waals surface area contributed by atoms with Crippen molar-refractivity contribution in [1.82, 2.24) is 0 Å². The van der Waals surface area contributed by atoms with Crippen molar-refractivity contribution >= 4 is 5.71 Å². The number of hydrogen-bond donors (Lipinski definition) is 2. The van der Waals surface area contributed by atoms with Gasteiger partial charge in [0.1, 0.15) is 0 Å². The highest BCUT2D eigenvalue weighted by Crippen LogP contribution is 2.60. The molecule has 0 saturated heterocycles. The summed E-state index contributed by atoms with van der Waals surface area (Å²) in [6.45, 7) is 2.29. The second-order valence-corrected chi connectivity index (χ2v) is 7.68. The summed E-state index contributed by atoms with van der Waals surface area (Å²) in [5.41, 5.74) is 3.73. The van der Waals surface area contributed by atoms with Crippen LogP contribution in [0.25, 0.3) is 0 Å². The summed E-state index contributed by atoms with van der Waals surface area (Å²) < 4.78 is 5.33. The number of ether oxygens (including phenoxy) is 1. The van der Waals surface area contributed by atoms with Gasteiger partial charge in [-0.15, -0.1) is 0 Å². The van der Waals surface area contributed by atoms with Crippen molar-refractivity contribution in [2.24, 2.45) is 22.4 Å². The molecule has 3 aliphatic carbocycles. The lowest BCUT2D eigenvalue weighted by Gasteiger charge is -2.49. The van der Waals surface area contributed by atoms with Crippen molar-refractivity contribution in [2.75, 3.05) is 7.11 Å². The van der Waals surface area contributed by atoms with Gasteiger partial charge in [-0.2, -0.15) is 0 Å². The number of nitrogens with zero attached hydrogens (tertiary/aromatic N) is 1. The molecule has 0 heterocycles. The maximum Gasteiger partial charge on any atom is 0.160 e. The van der Waals surface area contributed by atoms with Crippen LogP contribution in [0.4, 0.5) is 0 Å². The monoisotopic (exact) mass is 315 g/mol. The van der Waals surface area contributed by atoms with Crippen molar-refractivity contribution in [2.45, 2.75) is 51.4 Å². The van der Waals surface area contributed by atoms with E-state index < -0.39 is 0 Å². The summed E-state index contributed by atoms with van der Waals surface area (Å²) in [4.78, 5) is 0. The summed E-state index contributed by atoms with van der Waals surface area (Å²) in [6, 6.07) is 3.95. The van der Waals surface area contributed by atoms with Crippen molar-refractivity contribution in [1.29, 1.82) is 0 Å². The van der Waals surface area contributed by atoms with Crippen LogP contribution in [0.1, 0.15) is 56.1 Å². The van der Waals surface area contributed by atoms with Crippen LogP contribution in [-0.2, 0) is 6.42 Å². The average molecular weight is 315 g/mol. The zero-order chi connectivity index (χ0) is 16.2. The molecule has 2 N–H and O–H groups in total. The molecule has 4 atom stereocenters. The predicted octanol–water partition coefficient (Wildman–Crippen LogP) is 4.09. The van der Waals surface area contributed by atoms with Gasteiger partial charge in [0.15, 0.2) is 11.5 Å². The highest BCUT2D eigenvalue weighted by molar-refractivity contribution is 5.92. The van der Waals surface area contributed by atoms with Crippen LogP contribution >= 0.6 is 0 Å². The molecule has 1 aromatic rings. The zero-order valence-corrected chi connectivity index (χ0v) is 13.9. The van der Waals surface area contributed by atoms with Crippen molar-refractivity contribution < 1.29 is 15.1 Å². The molecular formula is C19H25NO3. The van der Waals surface area contributed by atoms with Gasteiger partial charge in [0, 0.05) is 5.41 Å². The maximum atomic E-state index is 10.1. The van der Waals surface area contributed by atoms with E-state index in [0.717, 1.165) is 37.8 Å². The Hall–Kier alpha value is -1.71. The first-order chi connectivity index (χ1) is 11.1.